The molecule has 1 amide bonds. The van der Waals surface area contributed by atoms with E-state index in [1.54, 1.807) is 37.3 Å². The fraction of sp³-hybridized carbons (Fsp3) is 0.350. The summed E-state index contributed by atoms with van der Waals surface area (Å²) in [6, 6.07) is 13.7. The van der Waals surface area contributed by atoms with E-state index >= 15 is 0 Å². The number of carbonyl (C=O) groups excluding carboxylic acids is 1. The fourth-order valence-electron chi connectivity index (χ4n) is 3.02. The molecule has 2 rings (SSSR count). The van der Waals surface area contributed by atoms with Gasteiger partial charge >= 0.3 is 0 Å². The van der Waals surface area contributed by atoms with Crippen LogP contribution in [0.25, 0.3) is 0 Å². The average molecular weight is 375 g/mol. The molecule has 0 bridgehead atoms. The number of nitrogens with one attached hydrogen (secondary N) is 1. The Morgan fingerprint density at radius 2 is 1.65 bits per heavy atom. The second-order valence-corrected chi connectivity index (χ2v) is 8.52. The van der Waals surface area contributed by atoms with Crippen LogP contribution in [0, 0.1) is 13.8 Å². The molecule has 0 fully saturated rings. The lowest BCUT2D eigenvalue weighted by atomic mass is 10.00. The number of sulfonamides is 1. The molecule has 0 spiro atoms. The first-order valence-electron chi connectivity index (χ1n) is 8.53. The number of nitrogens with zero attached hydrogens (tertiary/aromatic N) is 1. The van der Waals surface area contributed by atoms with Gasteiger partial charge in [0, 0.05) is 0 Å². The van der Waals surface area contributed by atoms with Crippen molar-refractivity contribution in [3.63, 3.8) is 0 Å². The number of rotatable bonds is 6. The van der Waals surface area contributed by atoms with E-state index in [1.165, 1.54) is 0 Å². The molecule has 0 radical (unpaired) electrons. The second kappa shape index (κ2) is 7.91. The van der Waals surface area contributed by atoms with Crippen LogP contribution >= 0.6 is 0 Å². The van der Waals surface area contributed by atoms with Crippen LogP contribution in [0.2, 0.25) is 0 Å². The summed E-state index contributed by atoms with van der Waals surface area (Å²) in [6.45, 7) is 7.49. The predicted molar refractivity (Wildman–Crippen MR) is 106 cm³/mol. The van der Waals surface area contributed by atoms with Crippen LogP contribution in [0.5, 0.6) is 0 Å². The number of anilines is 1. The number of carbonyl (C=O) groups is 1. The normalized spacial score (nSPS) is 13.7. The molecule has 0 saturated carbocycles. The summed E-state index contributed by atoms with van der Waals surface area (Å²) < 4.78 is 25.7. The van der Waals surface area contributed by atoms with Crippen molar-refractivity contribution in [1.82, 2.24) is 5.32 Å². The van der Waals surface area contributed by atoms with Gasteiger partial charge in [0.1, 0.15) is 6.04 Å². The van der Waals surface area contributed by atoms with Crippen molar-refractivity contribution in [2.24, 2.45) is 0 Å². The van der Waals surface area contributed by atoms with Crippen molar-refractivity contribution >= 4 is 21.6 Å². The fourth-order valence-corrected chi connectivity index (χ4v) is 4.20. The molecular formula is C20H26N2O3S. The Kier molecular flexibility index (Phi) is 6.08. The molecule has 0 aromatic heterocycles. The Balaban J connectivity index is 2.25. The van der Waals surface area contributed by atoms with E-state index in [0.29, 0.717) is 5.69 Å². The first kappa shape index (κ1) is 20.0. The van der Waals surface area contributed by atoms with E-state index < -0.39 is 16.1 Å². The third kappa shape index (κ3) is 4.64. The van der Waals surface area contributed by atoms with Gasteiger partial charge in [-0.3, -0.25) is 9.10 Å². The van der Waals surface area contributed by atoms with Crippen LogP contribution < -0.4 is 9.62 Å². The molecular weight excluding hydrogens is 348 g/mol. The van der Waals surface area contributed by atoms with E-state index in [4.69, 9.17) is 0 Å². The highest BCUT2D eigenvalue weighted by Gasteiger charge is 2.29. The van der Waals surface area contributed by atoms with Crippen LogP contribution in [0.1, 0.15) is 36.6 Å². The Bertz CT molecular complexity index is 879. The molecule has 140 valence electrons. The topological polar surface area (TPSA) is 66.5 Å². The molecule has 0 aliphatic carbocycles. The number of para-hydroxylation sites is 1. The van der Waals surface area contributed by atoms with Gasteiger partial charge in [-0.05, 0) is 51.0 Å². The van der Waals surface area contributed by atoms with E-state index in [1.807, 2.05) is 39.0 Å². The maximum Gasteiger partial charge on any atom is 0.244 e. The Hall–Kier alpha value is -2.34. The quantitative estimate of drug-likeness (QED) is 0.843. The molecule has 1 N–H and O–H groups in total. The minimum Gasteiger partial charge on any atom is -0.348 e. The highest BCUT2D eigenvalue weighted by molar-refractivity contribution is 7.92. The molecule has 2 aromatic carbocycles. The molecule has 26 heavy (non-hydrogen) atoms. The lowest BCUT2D eigenvalue weighted by molar-refractivity contribution is -0.122. The molecule has 5 nitrogen and oxygen atoms in total. The highest BCUT2D eigenvalue weighted by atomic mass is 32.2. The minimum absolute atomic E-state index is 0.220. The summed E-state index contributed by atoms with van der Waals surface area (Å²) in [5.41, 5.74) is 3.69. The summed E-state index contributed by atoms with van der Waals surface area (Å²) in [4.78, 5) is 12.8. The smallest absolute Gasteiger partial charge is 0.244 e. The predicted octanol–water partition coefficient (Wildman–Crippen LogP) is 3.34. The van der Waals surface area contributed by atoms with E-state index in [2.05, 4.69) is 5.32 Å². The van der Waals surface area contributed by atoms with Gasteiger partial charge in [-0.25, -0.2) is 8.42 Å². The van der Waals surface area contributed by atoms with Gasteiger partial charge in [0.2, 0.25) is 15.9 Å². The number of hydrogen-bond acceptors (Lipinski definition) is 3. The van der Waals surface area contributed by atoms with Gasteiger partial charge in [0.05, 0.1) is 18.0 Å². The third-order valence-electron chi connectivity index (χ3n) is 4.36. The van der Waals surface area contributed by atoms with Crippen LogP contribution in [-0.2, 0) is 14.8 Å². The molecule has 0 aliphatic heterocycles. The SMILES string of the molecule is Cc1ccc(C)c([C@H](C)NC(=O)[C@@H](C)N(c2ccccc2)S(C)(=O)=O)c1. The van der Waals surface area contributed by atoms with Crippen LogP contribution in [-0.4, -0.2) is 26.6 Å². The maximum atomic E-state index is 12.8. The summed E-state index contributed by atoms with van der Waals surface area (Å²) in [5.74, 6) is -0.340. The average Bonchev–Trinajstić information content (AvgIpc) is 2.56. The molecule has 0 saturated heterocycles. The summed E-state index contributed by atoms with van der Waals surface area (Å²) in [7, 11) is -3.61. The van der Waals surface area contributed by atoms with Crippen LogP contribution in [0.15, 0.2) is 48.5 Å². The monoisotopic (exact) mass is 374 g/mol. The van der Waals surface area contributed by atoms with E-state index in [-0.39, 0.29) is 11.9 Å². The maximum absolute atomic E-state index is 12.8. The lowest BCUT2D eigenvalue weighted by Crippen LogP contribution is -2.48. The van der Waals surface area contributed by atoms with Crippen molar-refractivity contribution in [3.05, 3.63) is 65.2 Å². The largest absolute Gasteiger partial charge is 0.348 e. The van der Waals surface area contributed by atoms with Gasteiger partial charge in [0.25, 0.3) is 0 Å². The Morgan fingerprint density at radius 3 is 2.23 bits per heavy atom. The van der Waals surface area contributed by atoms with Crippen LogP contribution in [0.4, 0.5) is 5.69 Å². The van der Waals surface area contributed by atoms with Gasteiger partial charge < -0.3 is 5.32 Å². The molecule has 2 atom stereocenters. The molecule has 2 aromatic rings. The van der Waals surface area contributed by atoms with Gasteiger partial charge in [0.15, 0.2) is 0 Å². The zero-order valence-electron chi connectivity index (χ0n) is 15.9. The molecule has 0 aliphatic rings. The highest BCUT2D eigenvalue weighted by Crippen LogP contribution is 2.22. The number of amides is 1. The van der Waals surface area contributed by atoms with Gasteiger partial charge in [-0.1, -0.05) is 42.0 Å². The lowest BCUT2D eigenvalue weighted by Gasteiger charge is -2.29. The zero-order valence-corrected chi connectivity index (χ0v) is 16.7. The standard InChI is InChI=1S/C20H26N2O3S/c1-14-11-12-15(2)19(13-14)16(3)21-20(23)17(4)22(26(5,24)25)18-9-7-6-8-10-18/h6-13,16-17H,1-5H3,(H,21,23)/t16-,17+/m0/s1. The first-order chi connectivity index (χ1) is 12.1. The zero-order chi connectivity index (χ0) is 19.5. The second-order valence-electron chi connectivity index (χ2n) is 6.66. The van der Waals surface area contributed by atoms with Crippen molar-refractivity contribution < 1.29 is 13.2 Å². The van der Waals surface area contributed by atoms with E-state index in [9.17, 15) is 13.2 Å². The number of aryl methyl sites for hydroxylation is 2. The number of benzene rings is 2. The summed E-state index contributed by atoms with van der Waals surface area (Å²) >= 11 is 0. The van der Waals surface area contributed by atoms with Gasteiger partial charge in [-0.15, -0.1) is 0 Å². The van der Waals surface area contributed by atoms with Crippen molar-refractivity contribution in [2.45, 2.75) is 39.8 Å². The van der Waals surface area contributed by atoms with Crippen molar-refractivity contribution in [3.8, 4) is 0 Å². The van der Waals surface area contributed by atoms with Crippen molar-refractivity contribution in [1.29, 1.82) is 0 Å². The first-order valence-corrected chi connectivity index (χ1v) is 10.4. The third-order valence-corrected chi connectivity index (χ3v) is 5.60. The minimum atomic E-state index is -3.61. The molecule has 0 heterocycles. The molecule has 6 heteroatoms. The summed E-state index contributed by atoms with van der Waals surface area (Å²) in [6.07, 6.45) is 1.11. The summed E-state index contributed by atoms with van der Waals surface area (Å²) in [5, 5.41) is 2.94. The van der Waals surface area contributed by atoms with Gasteiger partial charge in [-0.2, -0.15) is 0 Å². The number of hydrogen-bond donors (Lipinski definition) is 1. The van der Waals surface area contributed by atoms with Crippen molar-refractivity contribution in [2.75, 3.05) is 10.6 Å². The Labute approximate surface area is 156 Å². The van der Waals surface area contributed by atoms with E-state index in [0.717, 1.165) is 27.3 Å². The molecule has 0 unspecified atom stereocenters. The Morgan fingerprint density at radius 1 is 1.04 bits per heavy atom. The van der Waals surface area contributed by atoms with Crippen LogP contribution in [0.3, 0.4) is 0 Å².